The summed E-state index contributed by atoms with van der Waals surface area (Å²) in [4.78, 5) is 30.9. The molecule has 1 aromatic carbocycles. The molecular weight excluding hydrogens is 306 g/mol. The highest BCUT2D eigenvalue weighted by molar-refractivity contribution is 6.02. The molecule has 3 rings (SSSR count). The Balaban J connectivity index is 1.75. The van der Waals surface area contributed by atoms with Gasteiger partial charge in [-0.3, -0.25) is 14.6 Å². The molecular formula is C18H21N3O3. The molecule has 1 N–H and O–H groups in total. The molecule has 1 aliphatic rings. The number of ether oxygens (including phenoxy) is 1. The number of nitrogens with one attached hydrogen (secondary N) is 1. The minimum Gasteiger partial charge on any atom is -0.378 e. The number of hydrogen-bond donors (Lipinski definition) is 1. The van der Waals surface area contributed by atoms with Gasteiger partial charge in [-0.2, -0.15) is 0 Å². The van der Waals surface area contributed by atoms with Crippen molar-refractivity contribution < 1.29 is 14.3 Å². The SMILES string of the molecule is Cc1nc2ccccc2c(C)c1C(=O)NCC(=O)N1CCOCC1. The Morgan fingerprint density at radius 3 is 2.67 bits per heavy atom. The maximum atomic E-state index is 12.6. The summed E-state index contributed by atoms with van der Waals surface area (Å²) in [5, 5.41) is 3.68. The van der Waals surface area contributed by atoms with Crippen LogP contribution >= 0.6 is 0 Å². The quantitative estimate of drug-likeness (QED) is 0.926. The zero-order valence-electron chi connectivity index (χ0n) is 14.0. The molecule has 24 heavy (non-hydrogen) atoms. The predicted molar refractivity (Wildman–Crippen MR) is 90.9 cm³/mol. The third kappa shape index (κ3) is 3.23. The Labute approximate surface area is 140 Å². The Morgan fingerprint density at radius 2 is 1.92 bits per heavy atom. The summed E-state index contributed by atoms with van der Waals surface area (Å²) in [7, 11) is 0. The minimum absolute atomic E-state index is 0.00938. The van der Waals surface area contributed by atoms with Crippen LogP contribution in [0.2, 0.25) is 0 Å². The van der Waals surface area contributed by atoms with Gasteiger partial charge in [-0.25, -0.2) is 0 Å². The summed E-state index contributed by atoms with van der Waals surface area (Å²) in [6.45, 7) is 5.96. The minimum atomic E-state index is -0.259. The summed E-state index contributed by atoms with van der Waals surface area (Å²) >= 11 is 0. The average molecular weight is 327 g/mol. The van der Waals surface area contributed by atoms with Crippen molar-refractivity contribution in [1.29, 1.82) is 0 Å². The summed E-state index contributed by atoms with van der Waals surface area (Å²) in [5.41, 5.74) is 2.97. The van der Waals surface area contributed by atoms with E-state index in [0.29, 0.717) is 37.6 Å². The van der Waals surface area contributed by atoms with Crippen LogP contribution in [0.25, 0.3) is 10.9 Å². The van der Waals surface area contributed by atoms with Gasteiger partial charge in [0, 0.05) is 18.5 Å². The van der Waals surface area contributed by atoms with Crippen LogP contribution in [0.1, 0.15) is 21.6 Å². The van der Waals surface area contributed by atoms with E-state index in [-0.39, 0.29) is 18.4 Å². The first-order valence-corrected chi connectivity index (χ1v) is 8.07. The van der Waals surface area contributed by atoms with Crippen molar-refractivity contribution in [3.8, 4) is 0 Å². The molecule has 6 nitrogen and oxygen atoms in total. The second-order valence-corrected chi connectivity index (χ2v) is 5.89. The number of hydrogen-bond acceptors (Lipinski definition) is 4. The van der Waals surface area contributed by atoms with Gasteiger partial charge >= 0.3 is 0 Å². The van der Waals surface area contributed by atoms with E-state index >= 15 is 0 Å². The van der Waals surface area contributed by atoms with Gasteiger partial charge in [-0.15, -0.1) is 0 Å². The van der Waals surface area contributed by atoms with Crippen LogP contribution in [0.3, 0.4) is 0 Å². The molecule has 2 amide bonds. The highest BCUT2D eigenvalue weighted by Crippen LogP contribution is 2.22. The maximum Gasteiger partial charge on any atom is 0.253 e. The van der Waals surface area contributed by atoms with Crippen molar-refractivity contribution in [2.75, 3.05) is 32.8 Å². The molecule has 2 aromatic rings. The lowest BCUT2D eigenvalue weighted by Crippen LogP contribution is -2.45. The molecule has 1 aromatic heterocycles. The normalized spacial score (nSPS) is 14.7. The van der Waals surface area contributed by atoms with Gasteiger partial charge in [0.2, 0.25) is 5.91 Å². The fourth-order valence-corrected chi connectivity index (χ4v) is 3.03. The van der Waals surface area contributed by atoms with E-state index in [2.05, 4.69) is 10.3 Å². The van der Waals surface area contributed by atoms with E-state index in [1.54, 1.807) is 4.90 Å². The van der Waals surface area contributed by atoms with Crippen molar-refractivity contribution in [3.05, 3.63) is 41.1 Å². The first-order valence-electron chi connectivity index (χ1n) is 8.07. The molecule has 1 fully saturated rings. The van der Waals surface area contributed by atoms with Gasteiger partial charge in [-0.1, -0.05) is 18.2 Å². The van der Waals surface area contributed by atoms with Crippen molar-refractivity contribution in [1.82, 2.24) is 15.2 Å². The van der Waals surface area contributed by atoms with E-state index in [0.717, 1.165) is 16.5 Å². The Hall–Kier alpha value is -2.47. The number of benzene rings is 1. The molecule has 6 heteroatoms. The van der Waals surface area contributed by atoms with E-state index in [9.17, 15) is 9.59 Å². The number of amides is 2. The van der Waals surface area contributed by atoms with Crippen LogP contribution in [0.4, 0.5) is 0 Å². The molecule has 0 unspecified atom stereocenters. The number of rotatable bonds is 3. The summed E-state index contributed by atoms with van der Waals surface area (Å²) < 4.78 is 5.23. The van der Waals surface area contributed by atoms with Gasteiger partial charge in [0.25, 0.3) is 5.91 Å². The molecule has 0 aliphatic carbocycles. The fraction of sp³-hybridized carbons (Fsp3) is 0.389. The number of carbonyl (C=O) groups is 2. The number of nitrogens with zero attached hydrogens (tertiary/aromatic N) is 2. The Bertz CT molecular complexity index is 782. The van der Waals surface area contributed by atoms with Crippen molar-refractivity contribution in [2.24, 2.45) is 0 Å². The molecule has 2 heterocycles. The number of fused-ring (bicyclic) bond motifs is 1. The van der Waals surface area contributed by atoms with Gasteiger partial charge < -0.3 is 15.0 Å². The van der Waals surface area contributed by atoms with E-state index < -0.39 is 0 Å². The van der Waals surface area contributed by atoms with E-state index in [1.165, 1.54) is 0 Å². The summed E-state index contributed by atoms with van der Waals surface area (Å²) in [6.07, 6.45) is 0. The van der Waals surface area contributed by atoms with Gasteiger partial charge in [0.1, 0.15) is 0 Å². The Morgan fingerprint density at radius 1 is 1.21 bits per heavy atom. The lowest BCUT2D eigenvalue weighted by atomic mass is 10.0. The number of para-hydroxylation sites is 1. The van der Waals surface area contributed by atoms with Crippen molar-refractivity contribution in [2.45, 2.75) is 13.8 Å². The molecule has 0 bridgehead atoms. The van der Waals surface area contributed by atoms with Crippen LogP contribution in [-0.2, 0) is 9.53 Å². The van der Waals surface area contributed by atoms with Gasteiger partial charge in [-0.05, 0) is 25.5 Å². The monoisotopic (exact) mass is 327 g/mol. The predicted octanol–water partition coefficient (Wildman–Crippen LogP) is 1.44. The van der Waals surface area contributed by atoms with Gasteiger partial charge in [0.15, 0.2) is 0 Å². The number of pyridine rings is 1. The standard InChI is InChI=1S/C18H21N3O3/c1-12-14-5-3-4-6-15(14)20-13(2)17(12)18(23)19-11-16(22)21-7-9-24-10-8-21/h3-6H,7-11H2,1-2H3,(H,19,23). The van der Waals surface area contributed by atoms with Gasteiger partial charge in [0.05, 0.1) is 36.5 Å². The molecule has 0 saturated carbocycles. The van der Waals surface area contributed by atoms with Crippen LogP contribution in [0.5, 0.6) is 0 Å². The van der Waals surface area contributed by atoms with Crippen LogP contribution < -0.4 is 5.32 Å². The fourth-order valence-electron chi connectivity index (χ4n) is 3.03. The summed E-state index contributed by atoms with van der Waals surface area (Å²) in [5.74, 6) is -0.347. The molecule has 1 saturated heterocycles. The van der Waals surface area contributed by atoms with Crippen LogP contribution in [-0.4, -0.2) is 54.5 Å². The smallest absolute Gasteiger partial charge is 0.253 e. The van der Waals surface area contributed by atoms with Crippen LogP contribution in [0.15, 0.2) is 24.3 Å². The first kappa shape index (κ1) is 16.4. The zero-order chi connectivity index (χ0) is 17.1. The number of carbonyl (C=O) groups excluding carboxylic acids is 2. The highest BCUT2D eigenvalue weighted by Gasteiger charge is 2.20. The molecule has 0 atom stereocenters. The van der Waals surface area contributed by atoms with Crippen molar-refractivity contribution in [3.63, 3.8) is 0 Å². The largest absolute Gasteiger partial charge is 0.378 e. The third-order valence-electron chi connectivity index (χ3n) is 4.32. The molecule has 0 spiro atoms. The molecule has 126 valence electrons. The number of aromatic nitrogens is 1. The molecule has 0 radical (unpaired) electrons. The highest BCUT2D eigenvalue weighted by atomic mass is 16.5. The molecule has 1 aliphatic heterocycles. The second kappa shape index (κ2) is 6.97. The topological polar surface area (TPSA) is 71.5 Å². The Kier molecular flexibility index (Phi) is 4.76. The van der Waals surface area contributed by atoms with Crippen molar-refractivity contribution >= 4 is 22.7 Å². The lowest BCUT2D eigenvalue weighted by Gasteiger charge is -2.27. The summed E-state index contributed by atoms with van der Waals surface area (Å²) in [6, 6.07) is 7.73. The average Bonchev–Trinajstić information content (AvgIpc) is 2.60. The zero-order valence-corrected chi connectivity index (χ0v) is 14.0. The van der Waals surface area contributed by atoms with E-state index in [4.69, 9.17) is 4.74 Å². The van der Waals surface area contributed by atoms with E-state index in [1.807, 2.05) is 38.1 Å². The number of morpholine rings is 1. The maximum absolute atomic E-state index is 12.6. The van der Waals surface area contributed by atoms with Crippen LogP contribution in [0, 0.1) is 13.8 Å². The first-order chi connectivity index (χ1) is 11.6. The lowest BCUT2D eigenvalue weighted by molar-refractivity contribution is -0.134. The second-order valence-electron chi connectivity index (χ2n) is 5.89. The number of aryl methyl sites for hydroxylation is 2. The third-order valence-corrected chi connectivity index (χ3v) is 4.32.